The molecule has 1 saturated carbocycles. The molecule has 3 aliphatic rings. The molecular formula is C21H30N6O6. The van der Waals surface area contributed by atoms with Crippen LogP contribution in [0.3, 0.4) is 0 Å². The van der Waals surface area contributed by atoms with Crippen LogP contribution in [0.2, 0.25) is 0 Å². The third-order valence-electron chi connectivity index (χ3n) is 6.55. The molecule has 1 amide bonds. The van der Waals surface area contributed by atoms with E-state index >= 15 is 0 Å². The molecule has 12 nitrogen and oxygen atoms in total. The Morgan fingerprint density at radius 3 is 2.76 bits per heavy atom. The highest BCUT2D eigenvalue weighted by atomic mass is 16.6. The van der Waals surface area contributed by atoms with Crippen LogP contribution in [0.25, 0.3) is 11.2 Å². The van der Waals surface area contributed by atoms with Gasteiger partial charge < -0.3 is 35.1 Å². The van der Waals surface area contributed by atoms with Crippen LogP contribution in [0, 0.1) is 0 Å². The molecule has 2 aromatic rings. The van der Waals surface area contributed by atoms with Gasteiger partial charge in [-0.1, -0.05) is 19.3 Å². The molecule has 1 aliphatic carbocycles. The average molecular weight is 463 g/mol. The number of aliphatic hydroxyl groups is 2. The van der Waals surface area contributed by atoms with E-state index in [-0.39, 0.29) is 18.7 Å². The molecular weight excluding hydrogens is 432 g/mol. The van der Waals surface area contributed by atoms with Crippen molar-refractivity contribution in [2.45, 2.75) is 75.1 Å². The first-order valence-corrected chi connectivity index (χ1v) is 11.6. The van der Waals surface area contributed by atoms with Gasteiger partial charge in [-0.2, -0.15) is 0 Å². The van der Waals surface area contributed by atoms with E-state index in [1.54, 1.807) is 4.57 Å². The molecule has 180 valence electrons. The van der Waals surface area contributed by atoms with Crippen LogP contribution >= 0.6 is 0 Å². The minimum atomic E-state index is -1.24. The smallest absolute Gasteiger partial charge is 0.407 e. The van der Waals surface area contributed by atoms with Crippen LogP contribution in [0.4, 0.5) is 10.6 Å². The first kappa shape index (κ1) is 22.3. The molecule has 2 aromatic heterocycles. The highest BCUT2D eigenvalue weighted by molar-refractivity contribution is 5.82. The maximum absolute atomic E-state index is 12.1. The van der Waals surface area contributed by atoms with E-state index < -0.39 is 30.6 Å². The van der Waals surface area contributed by atoms with Crippen LogP contribution in [-0.4, -0.2) is 86.0 Å². The second kappa shape index (κ2) is 9.75. The number of aromatic nitrogens is 4. The maximum Gasteiger partial charge on any atom is 0.407 e. The summed E-state index contributed by atoms with van der Waals surface area (Å²) in [6, 6.07) is 0.263. The number of nitrogens with zero attached hydrogens (tertiary/aromatic N) is 4. The van der Waals surface area contributed by atoms with Crippen molar-refractivity contribution in [1.82, 2.24) is 24.8 Å². The van der Waals surface area contributed by atoms with Gasteiger partial charge in [0, 0.05) is 12.6 Å². The van der Waals surface area contributed by atoms with Crippen LogP contribution in [0.5, 0.6) is 0 Å². The van der Waals surface area contributed by atoms with Gasteiger partial charge in [0.15, 0.2) is 23.2 Å². The summed E-state index contributed by atoms with van der Waals surface area (Å²) >= 11 is 0. The normalized spacial score (nSPS) is 30.5. The molecule has 5 rings (SSSR count). The largest absolute Gasteiger partial charge is 0.447 e. The second-order valence-electron chi connectivity index (χ2n) is 8.88. The fourth-order valence-corrected chi connectivity index (χ4v) is 4.70. The van der Waals surface area contributed by atoms with Crippen LogP contribution < -0.4 is 10.6 Å². The number of carbonyl (C=O) groups is 1. The van der Waals surface area contributed by atoms with Crippen LogP contribution in [0.15, 0.2) is 12.7 Å². The number of imidazole rings is 1. The number of amides is 1. The molecule has 0 aromatic carbocycles. The number of rotatable bonds is 6. The van der Waals surface area contributed by atoms with Crippen molar-refractivity contribution in [3.05, 3.63) is 12.7 Å². The number of nitrogens with one attached hydrogen (secondary N) is 2. The number of anilines is 1. The van der Waals surface area contributed by atoms with Crippen molar-refractivity contribution >= 4 is 23.1 Å². The summed E-state index contributed by atoms with van der Waals surface area (Å²) in [6.45, 7) is 1.12. The predicted molar refractivity (Wildman–Crippen MR) is 115 cm³/mol. The lowest BCUT2D eigenvalue weighted by atomic mass is 9.96. The molecule has 0 radical (unpaired) electrons. The minimum Gasteiger partial charge on any atom is -0.447 e. The summed E-state index contributed by atoms with van der Waals surface area (Å²) in [7, 11) is 0. The zero-order valence-corrected chi connectivity index (χ0v) is 18.3. The topological polar surface area (TPSA) is 153 Å². The second-order valence-corrected chi connectivity index (χ2v) is 8.88. The summed E-state index contributed by atoms with van der Waals surface area (Å²) in [6.07, 6.45) is 4.22. The Balaban J connectivity index is 1.23. The van der Waals surface area contributed by atoms with E-state index in [1.807, 2.05) is 0 Å². The lowest BCUT2D eigenvalue weighted by molar-refractivity contribution is -0.0535. The Labute approximate surface area is 190 Å². The van der Waals surface area contributed by atoms with E-state index in [2.05, 4.69) is 25.6 Å². The van der Waals surface area contributed by atoms with E-state index in [0.717, 1.165) is 32.1 Å². The number of aliphatic hydroxyl groups excluding tert-OH is 2. The Morgan fingerprint density at radius 1 is 1.12 bits per heavy atom. The van der Waals surface area contributed by atoms with Gasteiger partial charge in [0.05, 0.1) is 19.0 Å². The fourth-order valence-electron chi connectivity index (χ4n) is 4.70. The molecule has 2 saturated heterocycles. The number of alkyl carbamates (subject to hydrolysis) is 1. The predicted octanol–water partition coefficient (Wildman–Crippen LogP) is 0.705. The minimum absolute atomic E-state index is 0.120. The van der Waals surface area contributed by atoms with Crippen LogP contribution in [-0.2, 0) is 14.2 Å². The quantitative estimate of drug-likeness (QED) is 0.483. The standard InChI is InChI=1S/C21H30N6O6/c28-16-14(9-32-21(30)26-12-4-2-1-3-5-12)33-20(17(16)29)27-11-24-15-18(22-10-23-19(15)27)25-13-6-7-31-8-13/h10-14,16-17,20,28-29H,1-9H2,(H,26,30)(H,22,23,25)/t13-,14?,16?,17-,20?/m1/s1. The summed E-state index contributed by atoms with van der Waals surface area (Å²) in [5.74, 6) is 0.571. The Hall–Kier alpha value is -2.54. The summed E-state index contributed by atoms with van der Waals surface area (Å²) < 4.78 is 18.1. The van der Waals surface area contributed by atoms with Gasteiger partial charge in [0.1, 0.15) is 31.2 Å². The van der Waals surface area contributed by atoms with Gasteiger partial charge in [-0.3, -0.25) is 4.57 Å². The van der Waals surface area contributed by atoms with Gasteiger partial charge in [-0.05, 0) is 19.3 Å². The van der Waals surface area contributed by atoms with Gasteiger partial charge in [-0.15, -0.1) is 0 Å². The molecule has 3 unspecified atom stereocenters. The Bertz CT molecular complexity index is 960. The SMILES string of the molecule is O=C(NC1CCCCC1)OCC1OC(n2cnc3c(N[C@@H]4CCOC4)ncnc32)[C@H](O)C1O. The maximum atomic E-state index is 12.1. The third-order valence-corrected chi connectivity index (χ3v) is 6.55. The van der Waals surface area contributed by atoms with Crippen molar-refractivity contribution in [1.29, 1.82) is 0 Å². The third kappa shape index (κ3) is 4.74. The molecule has 4 heterocycles. The molecule has 3 fully saturated rings. The highest BCUT2D eigenvalue weighted by Gasteiger charge is 2.45. The number of fused-ring (bicyclic) bond motifs is 1. The summed E-state index contributed by atoms with van der Waals surface area (Å²) in [5, 5.41) is 27.3. The van der Waals surface area contributed by atoms with Crippen molar-refractivity contribution in [2.24, 2.45) is 0 Å². The summed E-state index contributed by atoms with van der Waals surface area (Å²) in [4.78, 5) is 25.1. The van der Waals surface area contributed by atoms with Gasteiger partial charge in [0.25, 0.3) is 0 Å². The molecule has 0 spiro atoms. The summed E-state index contributed by atoms with van der Waals surface area (Å²) in [5.41, 5.74) is 0.987. The van der Waals surface area contributed by atoms with Crippen molar-refractivity contribution < 1.29 is 29.2 Å². The van der Waals surface area contributed by atoms with Crippen LogP contribution in [0.1, 0.15) is 44.8 Å². The van der Waals surface area contributed by atoms with Gasteiger partial charge in [-0.25, -0.2) is 19.7 Å². The first-order chi connectivity index (χ1) is 16.1. The number of ether oxygens (including phenoxy) is 3. The monoisotopic (exact) mass is 462 g/mol. The number of carbonyl (C=O) groups excluding carboxylic acids is 1. The van der Waals surface area contributed by atoms with E-state index in [9.17, 15) is 15.0 Å². The molecule has 0 bridgehead atoms. The lowest BCUT2D eigenvalue weighted by Crippen LogP contribution is -2.39. The van der Waals surface area contributed by atoms with E-state index in [1.165, 1.54) is 19.1 Å². The van der Waals surface area contributed by atoms with Gasteiger partial charge in [0.2, 0.25) is 0 Å². The Kier molecular flexibility index (Phi) is 6.58. The van der Waals surface area contributed by atoms with Crippen molar-refractivity contribution in [3.63, 3.8) is 0 Å². The van der Waals surface area contributed by atoms with Crippen molar-refractivity contribution in [2.75, 3.05) is 25.1 Å². The van der Waals surface area contributed by atoms with Crippen molar-refractivity contribution in [3.8, 4) is 0 Å². The molecule has 12 heteroatoms. The first-order valence-electron chi connectivity index (χ1n) is 11.6. The van der Waals surface area contributed by atoms with E-state index in [0.29, 0.717) is 30.2 Å². The lowest BCUT2D eigenvalue weighted by Gasteiger charge is -2.23. The number of hydrogen-bond acceptors (Lipinski definition) is 10. The Morgan fingerprint density at radius 2 is 1.97 bits per heavy atom. The molecule has 4 N–H and O–H groups in total. The fraction of sp³-hybridized carbons (Fsp3) is 0.714. The molecule has 33 heavy (non-hydrogen) atoms. The number of hydrogen-bond donors (Lipinski definition) is 4. The molecule has 5 atom stereocenters. The zero-order valence-electron chi connectivity index (χ0n) is 18.3. The van der Waals surface area contributed by atoms with Gasteiger partial charge >= 0.3 is 6.09 Å². The highest BCUT2D eigenvalue weighted by Crippen LogP contribution is 2.32. The average Bonchev–Trinajstić information content (AvgIpc) is 3.55. The molecule has 2 aliphatic heterocycles. The van der Waals surface area contributed by atoms with E-state index in [4.69, 9.17) is 14.2 Å². The zero-order chi connectivity index (χ0) is 22.8.